The molecule has 112 valence electrons. The number of para-hydroxylation sites is 1. The molecule has 0 N–H and O–H groups in total. The van der Waals surface area contributed by atoms with E-state index in [4.69, 9.17) is 4.74 Å². The smallest absolute Gasteiger partial charge is 0.327 e. The number of ether oxygens (including phenoxy) is 1. The van der Waals surface area contributed by atoms with Crippen LogP contribution in [-0.2, 0) is 4.79 Å². The van der Waals surface area contributed by atoms with E-state index in [1.165, 1.54) is 4.90 Å². The highest BCUT2D eigenvalue weighted by molar-refractivity contribution is 6.02. The number of imide groups is 1. The van der Waals surface area contributed by atoms with Crippen LogP contribution in [0.15, 0.2) is 24.3 Å². The first kappa shape index (κ1) is 13.9. The zero-order valence-corrected chi connectivity index (χ0v) is 12.2. The van der Waals surface area contributed by atoms with E-state index in [-0.39, 0.29) is 24.5 Å². The Morgan fingerprint density at radius 1 is 1.29 bits per heavy atom. The molecular formula is C16H20N2O3. The largest absolute Gasteiger partial charge is 0.493 e. The van der Waals surface area contributed by atoms with Crippen LogP contribution in [0.25, 0.3) is 0 Å². The maximum absolute atomic E-state index is 12.5. The van der Waals surface area contributed by atoms with E-state index in [2.05, 4.69) is 0 Å². The van der Waals surface area contributed by atoms with Crippen LogP contribution < -0.4 is 4.74 Å². The molecule has 2 aliphatic heterocycles. The second-order valence-electron chi connectivity index (χ2n) is 5.51. The first-order valence-electron chi connectivity index (χ1n) is 7.55. The van der Waals surface area contributed by atoms with Crippen molar-refractivity contribution in [1.29, 1.82) is 0 Å². The lowest BCUT2D eigenvalue weighted by Gasteiger charge is -2.26. The highest BCUT2D eigenvalue weighted by Crippen LogP contribution is 2.37. The van der Waals surface area contributed by atoms with E-state index in [1.54, 1.807) is 4.90 Å². The second-order valence-corrected chi connectivity index (χ2v) is 5.51. The van der Waals surface area contributed by atoms with Gasteiger partial charge in [0.2, 0.25) is 0 Å². The molecule has 2 aliphatic rings. The number of carbonyl (C=O) groups is 2. The highest BCUT2D eigenvalue weighted by atomic mass is 16.5. The summed E-state index contributed by atoms with van der Waals surface area (Å²) in [5, 5.41) is 0. The molecule has 0 radical (unpaired) electrons. The van der Waals surface area contributed by atoms with E-state index < -0.39 is 0 Å². The molecule has 1 aromatic rings. The molecule has 21 heavy (non-hydrogen) atoms. The normalized spacial score (nSPS) is 22.0. The van der Waals surface area contributed by atoms with Gasteiger partial charge in [0.25, 0.3) is 5.91 Å². The number of benzene rings is 1. The Morgan fingerprint density at radius 2 is 2.10 bits per heavy atom. The van der Waals surface area contributed by atoms with Crippen LogP contribution in [0.1, 0.15) is 37.8 Å². The molecule has 5 nitrogen and oxygen atoms in total. The predicted octanol–water partition coefficient (Wildman–Crippen LogP) is 2.57. The van der Waals surface area contributed by atoms with Crippen LogP contribution in [-0.4, -0.2) is 41.4 Å². The molecule has 1 saturated heterocycles. The minimum Gasteiger partial charge on any atom is -0.493 e. The van der Waals surface area contributed by atoms with Gasteiger partial charge in [0.1, 0.15) is 12.3 Å². The Bertz CT molecular complexity index is 558. The van der Waals surface area contributed by atoms with Crippen molar-refractivity contribution in [2.45, 2.75) is 32.2 Å². The summed E-state index contributed by atoms with van der Waals surface area (Å²) in [6.07, 6.45) is 2.45. The van der Waals surface area contributed by atoms with Gasteiger partial charge in [-0.2, -0.15) is 0 Å². The number of fused-ring (bicyclic) bond motifs is 1. The summed E-state index contributed by atoms with van der Waals surface area (Å²) in [5.41, 5.74) is 0.940. The fourth-order valence-corrected chi connectivity index (χ4v) is 3.09. The molecule has 0 spiro atoms. The van der Waals surface area contributed by atoms with Crippen LogP contribution >= 0.6 is 0 Å². The van der Waals surface area contributed by atoms with Crippen molar-refractivity contribution in [1.82, 2.24) is 9.80 Å². The minimum absolute atomic E-state index is 0.102. The summed E-state index contributed by atoms with van der Waals surface area (Å²) in [6, 6.07) is 7.33. The molecule has 0 saturated carbocycles. The summed E-state index contributed by atoms with van der Waals surface area (Å²) in [5.74, 6) is 0.685. The third-order valence-electron chi connectivity index (χ3n) is 4.03. The van der Waals surface area contributed by atoms with Gasteiger partial charge in [0.05, 0.1) is 12.6 Å². The lowest BCUT2D eigenvalue weighted by Crippen LogP contribution is -2.36. The minimum atomic E-state index is -0.203. The maximum atomic E-state index is 12.5. The van der Waals surface area contributed by atoms with Crippen molar-refractivity contribution in [2.24, 2.45) is 0 Å². The number of urea groups is 1. The topological polar surface area (TPSA) is 49.9 Å². The van der Waals surface area contributed by atoms with Crippen LogP contribution in [0.3, 0.4) is 0 Å². The van der Waals surface area contributed by atoms with Gasteiger partial charge in [-0.25, -0.2) is 4.79 Å². The molecule has 1 aromatic carbocycles. The van der Waals surface area contributed by atoms with Gasteiger partial charge in [-0.1, -0.05) is 25.1 Å². The summed E-state index contributed by atoms with van der Waals surface area (Å²) in [4.78, 5) is 27.9. The third-order valence-corrected chi connectivity index (χ3v) is 4.03. The van der Waals surface area contributed by atoms with Gasteiger partial charge in [0, 0.05) is 12.1 Å². The molecule has 5 heteroatoms. The lowest BCUT2D eigenvalue weighted by atomic mass is 10.0. The van der Waals surface area contributed by atoms with Gasteiger partial charge in [-0.3, -0.25) is 9.69 Å². The maximum Gasteiger partial charge on any atom is 0.327 e. The number of rotatable bonds is 3. The van der Waals surface area contributed by atoms with Crippen molar-refractivity contribution >= 4 is 11.9 Å². The van der Waals surface area contributed by atoms with Gasteiger partial charge in [0.15, 0.2) is 0 Å². The Hall–Kier alpha value is -2.04. The zero-order valence-electron chi connectivity index (χ0n) is 12.2. The average Bonchev–Trinajstić information content (AvgIpc) is 2.66. The first-order chi connectivity index (χ1) is 10.2. The van der Waals surface area contributed by atoms with Crippen LogP contribution in [0.5, 0.6) is 5.75 Å². The predicted molar refractivity (Wildman–Crippen MR) is 78.0 cm³/mol. The molecule has 0 aromatic heterocycles. The summed E-state index contributed by atoms with van der Waals surface area (Å²) < 4.78 is 5.72. The Morgan fingerprint density at radius 3 is 2.90 bits per heavy atom. The van der Waals surface area contributed by atoms with E-state index in [0.717, 1.165) is 30.6 Å². The van der Waals surface area contributed by atoms with Crippen LogP contribution in [0, 0.1) is 0 Å². The molecule has 2 heterocycles. The Kier molecular flexibility index (Phi) is 3.82. The SMILES string of the molecule is CCCN1CC(=O)N(C2CCCOc3ccccc32)C1=O. The average molecular weight is 288 g/mol. The van der Waals surface area contributed by atoms with Gasteiger partial charge in [-0.15, -0.1) is 0 Å². The molecule has 1 atom stereocenters. The summed E-state index contributed by atoms with van der Waals surface area (Å²) in [7, 11) is 0. The molecule has 0 bridgehead atoms. The van der Waals surface area contributed by atoms with Crippen molar-refractivity contribution in [2.75, 3.05) is 19.7 Å². The standard InChI is InChI=1S/C16H20N2O3/c1-2-9-17-11-15(19)18(16(17)20)13-7-5-10-21-14-8-4-3-6-12(13)14/h3-4,6,8,13H,2,5,7,9-11H2,1H3. The van der Waals surface area contributed by atoms with Gasteiger partial charge >= 0.3 is 6.03 Å². The van der Waals surface area contributed by atoms with E-state index in [1.807, 2.05) is 31.2 Å². The van der Waals surface area contributed by atoms with Crippen molar-refractivity contribution in [3.63, 3.8) is 0 Å². The first-order valence-corrected chi connectivity index (χ1v) is 7.55. The Balaban J connectivity index is 1.93. The monoisotopic (exact) mass is 288 g/mol. The summed E-state index contributed by atoms with van der Waals surface area (Å²) in [6.45, 7) is 3.47. The highest BCUT2D eigenvalue weighted by Gasteiger charge is 2.41. The number of hydrogen-bond acceptors (Lipinski definition) is 3. The molecule has 0 aliphatic carbocycles. The number of nitrogens with zero attached hydrogens (tertiary/aromatic N) is 2. The number of amides is 3. The van der Waals surface area contributed by atoms with E-state index in [9.17, 15) is 9.59 Å². The number of carbonyl (C=O) groups excluding carboxylic acids is 2. The van der Waals surface area contributed by atoms with Crippen molar-refractivity contribution in [3.05, 3.63) is 29.8 Å². The lowest BCUT2D eigenvalue weighted by molar-refractivity contribution is -0.127. The van der Waals surface area contributed by atoms with Crippen molar-refractivity contribution in [3.8, 4) is 5.75 Å². The van der Waals surface area contributed by atoms with E-state index >= 15 is 0 Å². The summed E-state index contributed by atoms with van der Waals surface area (Å²) >= 11 is 0. The van der Waals surface area contributed by atoms with Gasteiger partial charge in [-0.05, 0) is 25.3 Å². The van der Waals surface area contributed by atoms with Gasteiger partial charge < -0.3 is 9.64 Å². The molecule has 1 unspecified atom stereocenters. The molecular weight excluding hydrogens is 268 g/mol. The Labute approximate surface area is 124 Å². The van der Waals surface area contributed by atoms with E-state index in [0.29, 0.717) is 13.2 Å². The number of hydrogen-bond donors (Lipinski definition) is 0. The second kappa shape index (κ2) is 5.76. The van der Waals surface area contributed by atoms with Crippen molar-refractivity contribution < 1.29 is 14.3 Å². The fourth-order valence-electron chi connectivity index (χ4n) is 3.09. The fraction of sp³-hybridized carbons (Fsp3) is 0.500. The third kappa shape index (κ3) is 2.48. The quantitative estimate of drug-likeness (QED) is 0.803. The molecule has 1 fully saturated rings. The zero-order chi connectivity index (χ0) is 14.8. The molecule has 3 amide bonds. The molecule has 3 rings (SSSR count). The van der Waals surface area contributed by atoms with Crippen LogP contribution in [0.2, 0.25) is 0 Å². The van der Waals surface area contributed by atoms with Crippen LogP contribution in [0.4, 0.5) is 4.79 Å².